The molecule has 2 rings (SSSR count). The Morgan fingerprint density at radius 1 is 0.789 bits per heavy atom. The first-order valence-corrected chi connectivity index (χ1v) is 10.2. The zero-order valence-electron chi connectivity index (χ0n) is 12.4. The molecule has 0 aliphatic carbocycles. The van der Waals surface area contributed by atoms with Crippen molar-refractivity contribution in [1.29, 1.82) is 0 Å². The number of rotatable bonds is 4. The molecule has 0 spiro atoms. The normalized spacial score (nSPS) is 11.3. The fourth-order valence-corrected chi connectivity index (χ4v) is 8.54. The van der Waals surface area contributed by atoms with Gasteiger partial charge in [-0.25, -0.2) is 0 Å². The van der Waals surface area contributed by atoms with Crippen molar-refractivity contribution < 1.29 is 0 Å². The number of benzene rings is 2. The Balaban J connectivity index is 2.48. The van der Waals surface area contributed by atoms with Crippen molar-refractivity contribution in [3.05, 3.63) is 59.7 Å². The van der Waals surface area contributed by atoms with Gasteiger partial charge >= 0.3 is 122 Å². The molecule has 0 aromatic heterocycles. The third kappa shape index (κ3) is 3.51. The van der Waals surface area contributed by atoms with Crippen molar-refractivity contribution in [2.45, 2.75) is 32.9 Å². The summed E-state index contributed by atoms with van der Waals surface area (Å²) in [6, 6.07) is 17.9. The average Bonchev–Trinajstić information content (AvgIpc) is 2.37. The van der Waals surface area contributed by atoms with Gasteiger partial charge in [0.1, 0.15) is 0 Å². The van der Waals surface area contributed by atoms with Crippen molar-refractivity contribution in [3.8, 4) is 0 Å². The van der Waals surface area contributed by atoms with Gasteiger partial charge in [0.25, 0.3) is 0 Å². The van der Waals surface area contributed by atoms with E-state index in [4.69, 9.17) is 0 Å². The molecular formula is C18H23As. The van der Waals surface area contributed by atoms with Gasteiger partial charge in [0.05, 0.1) is 0 Å². The van der Waals surface area contributed by atoms with Crippen molar-refractivity contribution in [2.75, 3.05) is 0 Å². The molecule has 0 saturated carbocycles. The van der Waals surface area contributed by atoms with Gasteiger partial charge in [0, 0.05) is 0 Å². The molecule has 0 saturated heterocycles. The van der Waals surface area contributed by atoms with Crippen LogP contribution in [0.5, 0.6) is 0 Å². The predicted molar refractivity (Wildman–Crippen MR) is 87.0 cm³/mol. The molecule has 19 heavy (non-hydrogen) atoms. The van der Waals surface area contributed by atoms with Crippen molar-refractivity contribution in [2.24, 2.45) is 5.92 Å². The molecular weight excluding hydrogens is 291 g/mol. The first kappa shape index (κ1) is 14.4. The Hall–Kier alpha value is -1.00. The zero-order chi connectivity index (χ0) is 13.8. The maximum atomic E-state index is 2.35. The minimum atomic E-state index is -1.17. The van der Waals surface area contributed by atoms with Crippen LogP contribution >= 0.6 is 0 Å². The molecule has 0 nitrogen and oxygen atoms in total. The van der Waals surface area contributed by atoms with Crippen LogP contribution in [-0.4, -0.2) is 14.7 Å². The van der Waals surface area contributed by atoms with Gasteiger partial charge in [0.15, 0.2) is 0 Å². The van der Waals surface area contributed by atoms with Gasteiger partial charge in [-0.1, -0.05) is 0 Å². The SMILES string of the molecule is Cc1ccccc1[As](CC(C)C)c1ccccc1C. The van der Waals surface area contributed by atoms with E-state index < -0.39 is 14.7 Å². The van der Waals surface area contributed by atoms with Crippen LogP contribution in [0.3, 0.4) is 0 Å². The van der Waals surface area contributed by atoms with Gasteiger partial charge in [-0.3, -0.25) is 0 Å². The molecule has 0 fully saturated rings. The summed E-state index contributed by atoms with van der Waals surface area (Å²) >= 11 is -1.17. The summed E-state index contributed by atoms with van der Waals surface area (Å²) in [7, 11) is 0. The molecule has 0 aliphatic heterocycles. The van der Waals surface area contributed by atoms with Gasteiger partial charge in [-0.05, 0) is 0 Å². The molecule has 0 unspecified atom stereocenters. The van der Waals surface area contributed by atoms with Crippen LogP contribution in [0.4, 0.5) is 0 Å². The molecule has 0 heterocycles. The molecule has 1 heteroatoms. The van der Waals surface area contributed by atoms with Crippen LogP contribution in [0.1, 0.15) is 25.0 Å². The van der Waals surface area contributed by atoms with Crippen molar-refractivity contribution in [3.63, 3.8) is 0 Å². The summed E-state index contributed by atoms with van der Waals surface area (Å²) in [5, 5.41) is 1.35. The molecule has 0 radical (unpaired) electrons. The van der Waals surface area contributed by atoms with E-state index in [1.165, 1.54) is 16.3 Å². The first-order valence-electron chi connectivity index (χ1n) is 6.98. The molecule has 100 valence electrons. The third-order valence-electron chi connectivity index (χ3n) is 3.36. The Bertz CT molecular complexity index is 497. The van der Waals surface area contributed by atoms with E-state index in [1.807, 2.05) is 0 Å². The van der Waals surface area contributed by atoms with E-state index in [0.29, 0.717) is 0 Å². The van der Waals surface area contributed by atoms with Crippen LogP contribution in [0, 0.1) is 19.8 Å². The Labute approximate surface area is 122 Å². The Kier molecular flexibility index (Phi) is 4.88. The van der Waals surface area contributed by atoms with Gasteiger partial charge in [-0.2, -0.15) is 0 Å². The molecule has 0 bridgehead atoms. The predicted octanol–water partition coefficient (Wildman–Crippen LogP) is 3.57. The minimum absolute atomic E-state index is 0.763. The Morgan fingerprint density at radius 2 is 1.21 bits per heavy atom. The van der Waals surface area contributed by atoms with Crippen LogP contribution in [0.15, 0.2) is 48.5 Å². The summed E-state index contributed by atoms with van der Waals surface area (Å²) < 4.78 is 3.25. The zero-order valence-corrected chi connectivity index (χ0v) is 14.2. The molecule has 2 aromatic carbocycles. The van der Waals surface area contributed by atoms with E-state index >= 15 is 0 Å². The van der Waals surface area contributed by atoms with Crippen molar-refractivity contribution >= 4 is 23.4 Å². The third-order valence-corrected chi connectivity index (χ3v) is 10.2. The molecule has 0 atom stereocenters. The Morgan fingerprint density at radius 3 is 1.58 bits per heavy atom. The summed E-state index contributed by atoms with van der Waals surface area (Å²) in [4.78, 5) is 0. The molecule has 0 N–H and O–H groups in total. The standard InChI is InChI=1S/C18H23As/c1-14(2)13-19(17-11-7-5-9-15(17)3)18-12-8-6-10-16(18)4/h5-12,14H,13H2,1-4H3. The molecule has 2 aromatic rings. The number of aryl methyl sites for hydroxylation is 2. The van der Waals surface area contributed by atoms with Crippen LogP contribution in [-0.2, 0) is 0 Å². The van der Waals surface area contributed by atoms with E-state index in [1.54, 1.807) is 8.70 Å². The van der Waals surface area contributed by atoms with E-state index in [2.05, 4.69) is 76.2 Å². The topological polar surface area (TPSA) is 0 Å². The summed E-state index contributed by atoms with van der Waals surface area (Å²) in [5.41, 5.74) is 2.93. The second-order valence-electron chi connectivity index (χ2n) is 5.58. The average molecular weight is 314 g/mol. The quantitative estimate of drug-likeness (QED) is 0.757. The summed E-state index contributed by atoms with van der Waals surface area (Å²) in [6.45, 7) is 9.21. The summed E-state index contributed by atoms with van der Waals surface area (Å²) in [5.74, 6) is 0.763. The fraction of sp³-hybridized carbons (Fsp3) is 0.333. The first-order chi connectivity index (χ1) is 9.09. The van der Waals surface area contributed by atoms with Crippen molar-refractivity contribution in [1.82, 2.24) is 0 Å². The van der Waals surface area contributed by atoms with E-state index in [-0.39, 0.29) is 0 Å². The molecule has 0 aliphatic rings. The number of hydrogen-bond donors (Lipinski definition) is 0. The second-order valence-corrected chi connectivity index (χ2v) is 10.2. The van der Waals surface area contributed by atoms with Crippen LogP contribution in [0.2, 0.25) is 5.21 Å². The van der Waals surface area contributed by atoms with E-state index in [9.17, 15) is 0 Å². The van der Waals surface area contributed by atoms with Gasteiger partial charge in [0.2, 0.25) is 0 Å². The van der Waals surface area contributed by atoms with Crippen LogP contribution < -0.4 is 8.70 Å². The molecule has 0 amide bonds. The summed E-state index contributed by atoms with van der Waals surface area (Å²) in [6.07, 6.45) is 0. The maximum absolute atomic E-state index is 2.35. The fourth-order valence-electron chi connectivity index (χ4n) is 2.42. The second kappa shape index (κ2) is 6.44. The van der Waals surface area contributed by atoms with E-state index in [0.717, 1.165) is 5.92 Å². The monoisotopic (exact) mass is 314 g/mol. The van der Waals surface area contributed by atoms with Crippen LogP contribution in [0.25, 0.3) is 0 Å². The van der Waals surface area contributed by atoms with Gasteiger partial charge < -0.3 is 0 Å². The number of hydrogen-bond acceptors (Lipinski definition) is 0. The van der Waals surface area contributed by atoms with Gasteiger partial charge in [-0.15, -0.1) is 0 Å².